The number of ether oxygens (including phenoxy) is 2. The van der Waals surface area contributed by atoms with Gasteiger partial charge in [0.15, 0.2) is 12.6 Å². The highest BCUT2D eigenvalue weighted by Crippen LogP contribution is 2.13. The van der Waals surface area contributed by atoms with Gasteiger partial charge in [0, 0.05) is 6.61 Å². The molecule has 0 aromatic carbocycles. The van der Waals surface area contributed by atoms with Crippen molar-refractivity contribution in [3.8, 4) is 0 Å². The fourth-order valence-electron chi connectivity index (χ4n) is 2.86. The van der Waals surface area contributed by atoms with Crippen molar-refractivity contribution < 1.29 is 27.6 Å². The van der Waals surface area contributed by atoms with Gasteiger partial charge in [-0.1, -0.05) is 90.4 Å². The van der Waals surface area contributed by atoms with Crippen molar-refractivity contribution in [2.45, 2.75) is 123 Å². The highest BCUT2D eigenvalue weighted by atomic mass is 32.2. The molecule has 0 saturated heterocycles. The lowest BCUT2D eigenvalue weighted by Crippen LogP contribution is -2.19. The number of aliphatic hydroxyl groups is 1. The summed E-state index contributed by atoms with van der Waals surface area (Å²) in [4.78, 5) is 0. The fourth-order valence-corrected chi connectivity index (χ4v) is 2.86. The Hall–Kier alpha value is -0.210. The second-order valence-electron chi connectivity index (χ2n) is 7.50. The molecule has 0 aliphatic rings. The van der Waals surface area contributed by atoms with Crippen molar-refractivity contribution in [3.63, 3.8) is 0 Å². The first kappa shape index (κ1) is 30.0. The van der Waals surface area contributed by atoms with Crippen molar-refractivity contribution in [1.29, 1.82) is 0 Å². The van der Waals surface area contributed by atoms with Gasteiger partial charge in [-0.25, -0.2) is 0 Å². The number of hydrogen-bond donors (Lipinski definition) is 2. The van der Waals surface area contributed by atoms with E-state index in [1.54, 1.807) is 6.92 Å². The maximum absolute atomic E-state index is 9.19. The molecule has 0 fully saturated rings. The van der Waals surface area contributed by atoms with E-state index in [1.165, 1.54) is 83.5 Å². The first-order valence-corrected chi connectivity index (χ1v) is 12.9. The molecule has 2 unspecified atom stereocenters. The standard InChI is InChI=1S/C20H42O3.CH4O3S/c1-4-5-6-7-8-9-10-11-12-13-14-15-16-17-18-22-20(3)23-19(2)21;1-5(2,3)4/h19-21H,4-18H2,1-3H3;1H3,(H,2,3,4). The van der Waals surface area contributed by atoms with E-state index in [9.17, 15) is 8.42 Å². The van der Waals surface area contributed by atoms with Crippen LogP contribution in [0.2, 0.25) is 0 Å². The maximum Gasteiger partial charge on any atom is 0.261 e. The first-order valence-electron chi connectivity index (χ1n) is 11.0. The van der Waals surface area contributed by atoms with E-state index in [-0.39, 0.29) is 6.29 Å². The SMILES string of the molecule is CCCCCCCCCCCCCCCCOC(C)OC(C)O.CS(=O)(=O)O. The highest BCUT2D eigenvalue weighted by molar-refractivity contribution is 7.85. The molecular formula is C21H46O6S. The highest BCUT2D eigenvalue weighted by Gasteiger charge is 2.04. The van der Waals surface area contributed by atoms with Crippen molar-refractivity contribution in [2.24, 2.45) is 0 Å². The predicted octanol–water partition coefficient (Wildman–Crippen LogP) is 5.69. The molecular weight excluding hydrogens is 380 g/mol. The Morgan fingerprint density at radius 1 is 0.750 bits per heavy atom. The molecule has 0 aliphatic heterocycles. The second-order valence-corrected chi connectivity index (χ2v) is 8.97. The summed E-state index contributed by atoms with van der Waals surface area (Å²) in [5.74, 6) is 0. The third kappa shape index (κ3) is 36.7. The van der Waals surface area contributed by atoms with Gasteiger partial charge in [-0.05, 0) is 20.3 Å². The molecule has 2 N–H and O–H groups in total. The maximum atomic E-state index is 9.19. The summed E-state index contributed by atoms with van der Waals surface area (Å²) in [5, 5.41) is 9.05. The third-order valence-corrected chi connectivity index (χ3v) is 4.24. The zero-order chi connectivity index (χ0) is 21.7. The Bertz CT molecular complexity index is 390. The van der Waals surface area contributed by atoms with Gasteiger partial charge in [0.05, 0.1) is 6.26 Å². The summed E-state index contributed by atoms with van der Waals surface area (Å²) in [5.41, 5.74) is 0. The van der Waals surface area contributed by atoms with Crippen molar-refractivity contribution in [1.82, 2.24) is 0 Å². The molecule has 0 rings (SSSR count). The van der Waals surface area contributed by atoms with Gasteiger partial charge >= 0.3 is 0 Å². The first-order chi connectivity index (χ1) is 13.2. The van der Waals surface area contributed by atoms with Crippen LogP contribution in [0.15, 0.2) is 0 Å². The summed E-state index contributed by atoms with van der Waals surface area (Å²) in [7, 11) is -3.67. The van der Waals surface area contributed by atoms with Gasteiger partial charge in [-0.15, -0.1) is 0 Å². The molecule has 6 nitrogen and oxygen atoms in total. The minimum Gasteiger partial charge on any atom is -0.368 e. The largest absolute Gasteiger partial charge is 0.368 e. The van der Waals surface area contributed by atoms with Crippen LogP contribution in [0.5, 0.6) is 0 Å². The Morgan fingerprint density at radius 2 is 1.07 bits per heavy atom. The Kier molecular flexibility index (Phi) is 23.0. The van der Waals surface area contributed by atoms with Crippen LogP contribution in [0.1, 0.15) is 111 Å². The van der Waals surface area contributed by atoms with Crippen LogP contribution in [-0.2, 0) is 19.6 Å². The predicted molar refractivity (Wildman–Crippen MR) is 116 cm³/mol. The quantitative estimate of drug-likeness (QED) is 0.166. The molecule has 0 amide bonds. The van der Waals surface area contributed by atoms with Gasteiger partial charge in [0.1, 0.15) is 0 Å². The molecule has 0 aromatic heterocycles. The van der Waals surface area contributed by atoms with Crippen LogP contribution in [0.25, 0.3) is 0 Å². The summed E-state index contributed by atoms with van der Waals surface area (Å²) in [6.07, 6.45) is 18.8. The fraction of sp³-hybridized carbons (Fsp3) is 1.00. The Balaban J connectivity index is 0. The molecule has 7 heteroatoms. The van der Waals surface area contributed by atoms with Crippen molar-refractivity contribution in [3.05, 3.63) is 0 Å². The van der Waals surface area contributed by atoms with Crippen LogP contribution in [0.4, 0.5) is 0 Å². The molecule has 172 valence electrons. The van der Waals surface area contributed by atoms with E-state index in [2.05, 4.69) is 6.92 Å². The van der Waals surface area contributed by atoms with E-state index >= 15 is 0 Å². The lowest BCUT2D eigenvalue weighted by Gasteiger charge is -2.15. The van der Waals surface area contributed by atoms with Gasteiger partial charge in [-0.2, -0.15) is 8.42 Å². The molecule has 2 atom stereocenters. The minimum absolute atomic E-state index is 0.308. The summed E-state index contributed by atoms with van der Waals surface area (Å²) >= 11 is 0. The zero-order valence-corrected chi connectivity index (χ0v) is 19.5. The zero-order valence-electron chi connectivity index (χ0n) is 18.7. The number of aliphatic hydroxyl groups excluding tert-OH is 1. The molecule has 0 saturated carbocycles. The summed E-state index contributed by atoms with van der Waals surface area (Å²) < 4.78 is 36.4. The average Bonchev–Trinajstić information content (AvgIpc) is 2.56. The number of hydrogen-bond acceptors (Lipinski definition) is 5. The van der Waals surface area contributed by atoms with E-state index in [1.807, 2.05) is 6.92 Å². The Morgan fingerprint density at radius 3 is 1.39 bits per heavy atom. The van der Waals surface area contributed by atoms with E-state index in [0.717, 1.165) is 13.0 Å². The average molecular weight is 427 g/mol. The van der Waals surface area contributed by atoms with Crippen LogP contribution >= 0.6 is 0 Å². The lowest BCUT2D eigenvalue weighted by atomic mass is 10.0. The monoisotopic (exact) mass is 426 g/mol. The van der Waals surface area contributed by atoms with Crippen molar-refractivity contribution in [2.75, 3.05) is 12.9 Å². The van der Waals surface area contributed by atoms with Crippen LogP contribution in [-0.4, -0.2) is 43.5 Å². The number of rotatable bonds is 18. The molecule has 0 radical (unpaired) electrons. The van der Waals surface area contributed by atoms with Crippen LogP contribution in [0, 0.1) is 0 Å². The van der Waals surface area contributed by atoms with E-state index in [0.29, 0.717) is 6.26 Å². The molecule has 0 aromatic rings. The minimum atomic E-state index is -3.67. The normalized spacial score (nSPS) is 13.6. The molecule has 0 aliphatic carbocycles. The molecule has 0 spiro atoms. The lowest BCUT2D eigenvalue weighted by molar-refractivity contribution is -0.213. The van der Waals surface area contributed by atoms with Gasteiger partial charge in [-0.3, -0.25) is 4.55 Å². The molecule has 0 bridgehead atoms. The van der Waals surface area contributed by atoms with E-state index < -0.39 is 16.4 Å². The Labute approximate surface area is 174 Å². The van der Waals surface area contributed by atoms with Gasteiger partial charge in [0.25, 0.3) is 10.1 Å². The summed E-state index contributed by atoms with van der Waals surface area (Å²) in [6, 6.07) is 0. The smallest absolute Gasteiger partial charge is 0.261 e. The van der Waals surface area contributed by atoms with Gasteiger partial charge < -0.3 is 14.6 Å². The summed E-state index contributed by atoms with van der Waals surface area (Å²) in [6.45, 7) is 6.44. The second kappa shape index (κ2) is 21.5. The molecule has 28 heavy (non-hydrogen) atoms. The van der Waals surface area contributed by atoms with Crippen LogP contribution < -0.4 is 0 Å². The number of unbranched alkanes of at least 4 members (excludes halogenated alkanes) is 13. The van der Waals surface area contributed by atoms with E-state index in [4.69, 9.17) is 19.1 Å². The van der Waals surface area contributed by atoms with Gasteiger partial charge in [0.2, 0.25) is 0 Å². The molecule has 0 heterocycles. The van der Waals surface area contributed by atoms with Crippen molar-refractivity contribution >= 4 is 10.1 Å². The third-order valence-electron chi connectivity index (χ3n) is 4.24. The van der Waals surface area contributed by atoms with Crippen LogP contribution in [0.3, 0.4) is 0 Å². The topological polar surface area (TPSA) is 93.1 Å².